The Kier molecular flexibility index (Phi) is 46.6. The number of unbranched alkanes of at least 4 members (excludes halogenated alkanes) is 24. The van der Waals surface area contributed by atoms with Crippen LogP contribution < -0.4 is 0 Å². The molecule has 0 spiro atoms. The maximum absolute atomic E-state index is 15.4. The average Bonchev–Trinajstić information content (AvgIpc) is 0.830. The van der Waals surface area contributed by atoms with Crippen LogP contribution in [0.15, 0.2) is 36.0 Å². The molecule has 2 bridgehead atoms. The van der Waals surface area contributed by atoms with E-state index in [1.807, 2.05) is 33.8 Å². The van der Waals surface area contributed by atoms with E-state index < -0.39 is 108 Å². The highest BCUT2D eigenvalue weighted by Gasteiger charge is 2.57. The number of nitrogens with zero attached hydrogens (tertiary/aromatic N) is 1. The highest BCUT2D eigenvalue weighted by atomic mass is 16.7. The molecule has 4 rings (SSSR count). The molecule has 1 aliphatic carbocycles. The maximum Gasteiger partial charge on any atom is 0.306 e. The van der Waals surface area contributed by atoms with Crippen LogP contribution in [0.1, 0.15) is 338 Å². The Balaban J connectivity index is 1.59. The topological polar surface area (TPSA) is 245 Å². The van der Waals surface area contributed by atoms with E-state index in [2.05, 4.69) is 26.5 Å². The molecule has 3 aliphatic heterocycles. The van der Waals surface area contributed by atoms with E-state index in [-0.39, 0.29) is 113 Å². The third kappa shape index (κ3) is 34.6. The van der Waals surface area contributed by atoms with Gasteiger partial charge in [-0.05, 0) is 121 Å². The molecule has 2 N–H and O–H groups in total. The molecule has 4 aliphatic rings. The molecular weight excluding hydrogens is 1330 g/mol. The van der Waals surface area contributed by atoms with Crippen molar-refractivity contribution in [3.8, 4) is 0 Å². The summed E-state index contributed by atoms with van der Waals surface area (Å²) in [5.74, 6) is -10.7. The van der Waals surface area contributed by atoms with Gasteiger partial charge in [-0.2, -0.15) is 0 Å². The number of rotatable bonds is 46. The summed E-state index contributed by atoms with van der Waals surface area (Å²) < 4.78 is 42.4. The van der Waals surface area contributed by atoms with Crippen LogP contribution >= 0.6 is 0 Å². The van der Waals surface area contributed by atoms with Gasteiger partial charge in [0.15, 0.2) is 5.78 Å². The number of ether oxygens (including phenoxy) is 7. The van der Waals surface area contributed by atoms with Gasteiger partial charge in [-0.3, -0.25) is 38.4 Å². The molecule has 3 heterocycles. The number of Topliss-reactive ketones (excluding diaryl/α,β-unsaturated/α-hetero) is 4. The summed E-state index contributed by atoms with van der Waals surface area (Å²) >= 11 is 0. The normalized spacial score (nSPS) is 28.2. The number of methoxy groups -OCH3 is 3. The predicted molar refractivity (Wildman–Crippen MR) is 414 cm³/mol. The van der Waals surface area contributed by atoms with Crippen LogP contribution in [0.2, 0.25) is 0 Å². The Morgan fingerprint density at radius 3 is 1.75 bits per heavy atom. The fraction of sp³-hybridized carbons (Fsp3) is 0.839. The molecule has 0 aromatic heterocycles. The van der Waals surface area contributed by atoms with Crippen LogP contribution in [0.5, 0.6) is 0 Å². The molecule has 0 radical (unpaired) electrons. The summed E-state index contributed by atoms with van der Waals surface area (Å²) in [4.78, 5) is 117. The van der Waals surface area contributed by atoms with Gasteiger partial charge in [0.2, 0.25) is 5.79 Å². The zero-order valence-corrected chi connectivity index (χ0v) is 67.6. The van der Waals surface area contributed by atoms with E-state index in [1.165, 1.54) is 135 Å². The highest BCUT2D eigenvalue weighted by molar-refractivity contribution is 6.39. The molecule has 1 amide bonds. The molecule has 1 saturated carbocycles. The van der Waals surface area contributed by atoms with Gasteiger partial charge in [0.1, 0.15) is 36.5 Å². The van der Waals surface area contributed by atoms with Crippen LogP contribution in [0.3, 0.4) is 0 Å². The lowest BCUT2D eigenvalue weighted by molar-refractivity contribution is -0.302. The van der Waals surface area contributed by atoms with Gasteiger partial charge in [0.25, 0.3) is 11.7 Å². The highest BCUT2D eigenvalue weighted by Crippen LogP contribution is 2.41. The van der Waals surface area contributed by atoms with E-state index in [0.29, 0.717) is 57.8 Å². The molecule has 18 nitrogen and oxygen atoms in total. The first-order chi connectivity index (χ1) is 50.4. The lowest BCUT2D eigenvalue weighted by Crippen LogP contribution is -2.64. The van der Waals surface area contributed by atoms with Crippen molar-refractivity contribution in [2.24, 2.45) is 41.4 Å². The van der Waals surface area contributed by atoms with E-state index in [0.717, 1.165) is 56.1 Å². The number of carbonyl (C=O) groups is 8. The van der Waals surface area contributed by atoms with Crippen molar-refractivity contribution in [2.45, 2.75) is 392 Å². The molecule has 0 aromatic rings. The largest absolute Gasteiger partial charge is 0.462 e. The first kappa shape index (κ1) is 92.9. The number of ketones is 4. The first-order valence-corrected chi connectivity index (χ1v) is 42.0. The molecule has 0 aromatic carbocycles. The number of fused-ring (bicyclic) bond motifs is 3. The molecule has 18 heteroatoms. The van der Waals surface area contributed by atoms with Crippen molar-refractivity contribution in [3.63, 3.8) is 0 Å². The van der Waals surface area contributed by atoms with Crippen molar-refractivity contribution in [1.29, 1.82) is 0 Å². The Hall–Kier alpha value is -4.46. The number of hydrogen-bond acceptors (Lipinski definition) is 17. The maximum atomic E-state index is 15.4. The molecule has 3 fully saturated rings. The number of hydrogen-bond donors (Lipinski definition) is 2. The zero-order valence-electron chi connectivity index (χ0n) is 67.6. The molecule has 602 valence electrons. The second kappa shape index (κ2) is 52.6. The van der Waals surface area contributed by atoms with Gasteiger partial charge in [-0.15, -0.1) is 6.58 Å². The minimum Gasteiger partial charge on any atom is -0.462 e. The molecule has 2 saturated heterocycles. The number of esters is 3. The standard InChI is InChI=1S/C87H147NO17/c1-13-16-18-20-22-24-26-28-30-32-34-36-38-43-70(89)47-48-71(61-102-81(93)45-39-37-35-33-31-29-27-25-23-21-19-17-14-2)103-82(94)54-64(6)55-83(95)104-77-60-75(91)69(42-15-3)52-62(4)51-63(5)53-79(100-11)84-80(101-12)57-66(8)87(98,105-84)85(96)86(97)88-50-41-40-44-73(88)76(92)59-72(67(77)9)65(7)56-68-46-49-74(90)78(58-68)99-10/h15,52,56,63-64,66-69,71-74,77-80,84,90,98H,3,13-14,16-51,53-55,57-61H2,1-2,4-12H3/b62-52+,65-56+/t63-,64?,66+,67-,68?,69+,71?,72+,73-,74+,77-,78+,79-,80-,84+,87+/m0/s1. The average molecular weight is 1480 g/mol. The van der Waals surface area contributed by atoms with E-state index in [1.54, 1.807) is 27.0 Å². The Morgan fingerprint density at radius 1 is 0.648 bits per heavy atom. The van der Waals surface area contributed by atoms with Crippen LogP contribution in [0, 0.1) is 41.4 Å². The lowest BCUT2D eigenvalue weighted by atomic mass is 9.75. The van der Waals surface area contributed by atoms with Crippen LogP contribution in [0.4, 0.5) is 0 Å². The van der Waals surface area contributed by atoms with Gasteiger partial charge >= 0.3 is 17.9 Å². The number of aliphatic hydroxyl groups is 2. The zero-order chi connectivity index (χ0) is 77.1. The summed E-state index contributed by atoms with van der Waals surface area (Å²) in [5, 5.41) is 23.3. The van der Waals surface area contributed by atoms with E-state index in [4.69, 9.17) is 33.2 Å². The lowest BCUT2D eigenvalue weighted by Gasteiger charge is -2.47. The molecule has 16 atom stereocenters. The number of allylic oxidation sites excluding steroid dienone is 5. The fourth-order valence-electron chi connectivity index (χ4n) is 16.6. The fourth-order valence-corrected chi connectivity index (χ4v) is 16.6. The van der Waals surface area contributed by atoms with E-state index in [9.17, 15) is 39.0 Å². The number of aliphatic hydroxyl groups excluding tert-OH is 1. The van der Waals surface area contributed by atoms with Crippen LogP contribution in [-0.4, -0.2) is 151 Å². The Morgan fingerprint density at radius 2 is 1.19 bits per heavy atom. The van der Waals surface area contributed by atoms with Gasteiger partial charge < -0.3 is 48.3 Å². The van der Waals surface area contributed by atoms with Gasteiger partial charge in [-0.25, -0.2) is 0 Å². The minimum atomic E-state index is -2.57. The first-order valence-electron chi connectivity index (χ1n) is 42.0. The number of piperidine rings is 1. The monoisotopic (exact) mass is 1480 g/mol. The Bertz CT molecular complexity index is 2570. The summed E-state index contributed by atoms with van der Waals surface area (Å²) in [7, 11) is 4.62. The smallest absolute Gasteiger partial charge is 0.306 e. The van der Waals surface area contributed by atoms with Crippen molar-refractivity contribution >= 4 is 46.9 Å². The SMILES string of the molecule is C=CC[C@@H]1/C=C(\C)C[C@H](C)C[C@H](OC)[C@H]2O[C@@](O)(C(=O)C(=O)N3CCCC[C@H]3C(=O)C[C@H](/C(C)=C/C3CC[C@@H](O)[C@H](OC)C3)[C@H](C)[C@@H](OC(=O)CC(C)CC(=O)OC(CCC(=O)CCCCCCCCCCCCCCC)COC(=O)CCCCCCCCCCCCCCC)CC1=O)[C@H](C)C[C@@H]2OC. The summed E-state index contributed by atoms with van der Waals surface area (Å²) in [6.45, 7) is 19.5. The van der Waals surface area contributed by atoms with E-state index >= 15 is 9.59 Å². The van der Waals surface area contributed by atoms with Crippen molar-refractivity contribution in [3.05, 3.63) is 36.0 Å². The Labute approximate surface area is 634 Å². The third-order valence-electron chi connectivity index (χ3n) is 23.2. The van der Waals surface area contributed by atoms with Crippen molar-refractivity contribution < 1.29 is 81.7 Å². The second-order valence-corrected chi connectivity index (χ2v) is 32.5. The van der Waals surface area contributed by atoms with Crippen molar-refractivity contribution in [1.82, 2.24) is 4.90 Å². The summed E-state index contributed by atoms with van der Waals surface area (Å²) in [6, 6.07) is -1.06. The third-order valence-corrected chi connectivity index (χ3v) is 23.2. The quantitative estimate of drug-likeness (QED) is 0.0189. The number of amides is 1. The predicted octanol–water partition coefficient (Wildman–Crippen LogP) is 18.0. The van der Waals surface area contributed by atoms with Crippen LogP contribution in [-0.2, 0) is 71.5 Å². The van der Waals surface area contributed by atoms with Crippen molar-refractivity contribution in [2.75, 3.05) is 34.5 Å². The van der Waals surface area contributed by atoms with Gasteiger partial charge in [0, 0.05) is 90.6 Å². The van der Waals surface area contributed by atoms with Gasteiger partial charge in [-0.1, -0.05) is 225 Å². The van der Waals surface area contributed by atoms with Gasteiger partial charge in [0.05, 0.1) is 30.5 Å². The number of carbonyl (C=O) groups excluding carboxylic acids is 8. The molecule has 105 heavy (non-hydrogen) atoms. The minimum absolute atomic E-state index is 0.0662. The summed E-state index contributed by atoms with van der Waals surface area (Å²) in [6.07, 6.45) is 35.9. The second-order valence-electron chi connectivity index (χ2n) is 32.5. The van der Waals surface area contributed by atoms with Crippen LogP contribution in [0.25, 0.3) is 0 Å². The molecule has 3 unspecified atom stereocenters. The molecular formula is C87H147NO17. The summed E-state index contributed by atoms with van der Waals surface area (Å²) in [5.41, 5.74) is 1.68.